The molecule has 0 saturated heterocycles. The number of ether oxygens (including phenoxy) is 2. The van der Waals surface area contributed by atoms with Crippen LogP contribution in [-0.2, 0) is 9.53 Å². The molecule has 2 aromatic rings. The first-order valence-corrected chi connectivity index (χ1v) is 6.49. The molecule has 0 radical (unpaired) electrons. The lowest BCUT2D eigenvalue weighted by atomic mass is 10.2. The zero-order valence-corrected chi connectivity index (χ0v) is 11.8. The van der Waals surface area contributed by atoms with Gasteiger partial charge in [0.25, 0.3) is 5.91 Å². The molecule has 2 aromatic carbocycles. The first kappa shape index (κ1) is 15.5. The normalized spacial score (nSPS) is 11.5. The minimum absolute atomic E-state index is 0.263. The van der Waals surface area contributed by atoms with Crippen molar-refractivity contribution < 1.29 is 23.5 Å². The van der Waals surface area contributed by atoms with Gasteiger partial charge < -0.3 is 15.2 Å². The second kappa shape index (κ2) is 6.71. The highest BCUT2D eigenvalue weighted by Gasteiger charge is 2.16. The number of hydrogen-bond donors (Lipinski definition) is 1. The van der Waals surface area contributed by atoms with Gasteiger partial charge in [0.1, 0.15) is 17.3 Å². The highest BCUT2D eigenvalue weighted by Crippen LogP contribution is 2.22. The van der Waals surface area contributed by atoms with Crippen LogP contribution in [-0.4, -0.2) is 18.0 Å². The minimum Gasteiger partial charge on any atom is -0.457 e. The predicted molar refractivity (Wildman–Crippen MR) is 77.0 cm³/mol. The maximum Gasteiger partial charge on any atom is 0.338 e. The molecule has 0 aromatic heterocycles. The molecule has 2 N–H and O–H groups in total. The number of esters is 1. The van der Waals surface area contributed by atoms with Crippen LogP contribution in [0.25, 0.3) is 0 Å². The molecule has 0 aliphatic rings. The van der Waals surface area contributed by atoms with E-state index in [0.717, 1.165) is 0 Å². The Bertz CT molecular complexity index is 668. The number of amides is 1. The lowest BCUT2D eigenvalue weighted by molar-refractivity contribution is -0.125. The zero-order valence-electron chi connectivity index (χ0n) is 11.8. The molecule has 1 atom stereocenters. The number of benzene rings is 2. The molecule has 22 heavy (non-hydrogen) atoms. The van der Waals surface area contributed by atoms with Crippen LogP contribution >= 0.6 is 0 Å². The van der Waals surface area contributed by atoms with E-state index in [-0.39, 0.29) is 11.4 Å². The summed E-state index contributed by atoms with van der Waals surface area (Å²) >= 11 is 0. The van der Waals surface area contributed by atoms with Crippen molar-refractivity contribution in [3.8, 4) is 11.5 Å². The summed E-state index contributed by atoms with van der Waals surface area (Å²) in [5, 5.41) is 0. The first-order valence-electron chi connectivity index (χ1n) is 6.49. The van der Waals surface area contributed by atoms with E-state index in [2.05, 4.69) is 0 Å². The monoisotopic (exact) mass is 303 g/mol. The van der Waals surface area contributed by atoms with Crippen molar-refractivity contribution in [1.29, 1.82) is 0 Å². The smallest absolute Gasteiger partial charge is 0.338 e. The van der Waals surface area contributed by atoms with Crippen LogP contribution < -0.4 is 10.5 Å². The van der Waals surface area contributed by atoms with Gasteiger partial charge in [-0.2, -0.15) is 0 Å². The van der Waals surface area contributed by atoms with Crippen molar-refractivity contribution in [3.05, 3.63) is 59.9 Å². The standard InChI is InChI=1S/C16H14FNO4/c1-10(15(18)19)21-16(20)11-2-6-13(7-3-11)22-14-8-4-12(17)5-9-14/h2-10H,1H3,(H2,18,19). The highest BCUT2D eigenvalue weighted by atomic mass is 19.1. The van der Waals surface area contributed by atoms with Crippen LogP contribution in [0.4, 0.5) is 4.39 Å². The number of primary amides is 1. The van der Waals surface area contributed by atoms with Crippen molar-refractivity contribution in [2.45, 2.75) is 13.0 Å². The molecule has 114 valence electrons. The largest absolute Gasteiger partial charge is 0.457 e. The van der Waals surface area contributed by atoms with Gasteiger partial charge in [-0.3, -0.25) is 4.79 Å². The number of halogens is 1. The summed E-state index contributed by atoms with van der Waals surface area (Å²) < 4.78 is 23.2. The summed E-state index contributed by atoms with van der Waals surface area (Å²) in [4.78, 5) is 22.6. The average Bonchev–Trinajstić information content (AvgIpc) is 2.50. The summed E-state index contributed by atoms with van der Waals surface area (Å²) in [6.07, 6.45) is -0.998. The molecule has 0 saturated carbocycles. The van der Waals surface area contributed by atoms with Crippen LogP contribution in [0.15, 0.2) is 48.5 Å². The van der Waals surface area contributed by atoms with Crippen LogP contribution in [0.1, 0.15) is 17.3 Å². The average molecular weight is 303 g/mol. The summed E-state index contributed by atoms with van der Waals surface area (Å²) in [6, 6.07) is 11.7. The molecular weight excluding hydrogens is 289 g/mol. The second-order valence-electron chi connectivity index (χ2n) is 4.53. The number of nitrogens with two attached hydrogens (primary N) is 1. The summed E-state index contributed by atoms with van der Waals surface area (Å²) in [5.74, 6) is -0.775. The lowest BCUT2D eigenvalue weighted by Gasteiger charge is -2.10. The Hall–Kier alpha value is -2.89. The molecular formula is C16H14FNO4. The molecule has 1 amide bonds. The maximum atomic E-state index is 12.8. The van der Waals surface area contributed by atoms with Gasteiger partial charge in [-0.05, 0) is 55.5 Å². The SMILES string of the molecule is CC(OC(=O)c1ccc(Oc2ccc(F)cc2)cc1)C(N)=O. The van der Waals surface area contributed by atoms with Gasteiger partial charge in [0, 0.05) is 0 Å². The van der Waals surface area contributed by atoms with E-state index in [9.17, 15) is 14.0 Å². The third kappa shape index (κ3) is 4.05. The van der Waals surface area contributed by atoms with Gasteiger partial charge in [-0.1, -0.05) is 0 Å². The third-order valence-electron chi connectivity index (χ3n) is 2.82. The lowest BCUT2D eigenvalue weighted by Crippen LogP contribution is -2.30. The summed E-state index contributed by atoms with van der Waals surface area (Å²) in [7, 11) is 0. The zero-order chi connectivity index (χ0) is 16.1. The van der Waals surface area contributed by atoms with E-state index in [0.29, 0.717) is 11.5 Å². The van der Waals surface area contributed by atoms with Crippen molar-refractivity contribution in [1.82, 2.24) is 0 Å². The van der Waals surface area contributed by atoms with Crippen LogP contribution in [0, 0.1) is 5.82 Å². The fourth-order valence-corrected chi connectivity index (χ4v) is 1.58. The fraction of sp³-hybridized carbons (Fsp3) is 0.125. The van der Waals surface area contributed by atoms with Crippen LogP contribution in [0.3, 0.4) is 0 Å². The van der Waals surface area contributed by atoms with E-state index >= 15 is 0 Å². The number of hydrogen-bond acceptors (Lipinski definition) is 4. The quantitative estimate of drug-likeness (QED) is 0.861. The van der Waals surface area contributed by atoms with Crippen LogP contribution in [0.5, 0.6) is 11.5 Å². The highest BCUT2D eigenvalue weighted by molar-refractivity contribution is 5.92. The molecule has 0 bridgehead atoms. The second-order valence-corrected chi connectivity index (χ2v) is 4.53. The van der Waals surface area contributed by atoms with Gasteiger partial charge in [-0.15, -0.1) is 0 Å². The van der Waals surface area contributed by atoms with Crippen LogP contribution in [0.2, 0.25) is 0 Å². The molecule has 0 fully saturated rings. The van der Waals surface area contributed by atoms with Crippen molar-refractivity contribution >= 4 is 11.9 Å². The molecule has 0 spiro atoms. The Morgan fingerprint density at radius 2 is 1.50 bits per heavy atom. The topological polar surface area (TPSA) is 78.6 Å². The molecule has 0 aliphatic heterocycles. The van der Waals surface area contributed by atoms with Gasteiger partial charge in [-0.25, -0.2) is 9.18 Å². The molecule has 1 unspecified atom stereocenters. The van der Waals surface area contributed by atoms with E-state index < -0.39 is 18.0 Å². The summed E-state index contributed by atoms with van der Waals surface area (Å²) in [5.41, 5.74) is 5.28. The molecule has 5 nitrogen and oxygen atoms in total. The number of rotatable bonds is 5. The van der Waals surface area contributed by atoms with Crippen molar-refractivity contribution in [2.75, 3.05) is 0 Å². The minimum atomic E-state index is -0.998. The van der Waals surface area contributed by atoms with Crippen molar-refractivity contribution in [2.24, 2.45) is 5.73 Å². The van der Waals surface area contributed by atoms with E-state index in [4.69, 9.17) is 15.2 Å². The van der Waals surface area contributed by atoms with Gasteiger partial charge in [0.15, 0.2) is 6.10 Å². The number of carbonyl (C=O) groups excluding carboxylic acids is 2. The molecule has 2 rings (SSSR count). The first-order chi connectivity index (χ1) is 10.5. The van der Waals surface area contributed by atoms with E-state index in [1.165, 1.54) is 43.3 Å². The van der Waals surface area contributed by atoms with Crippen molar-refractivity contribution in [3.63, 3.8) is 0 Å². The molecule has 0 aliphatic carbocycles. The fourth-order valence-electron chi connectivity index (χ4n) is 1.58. The Morgan fingerprint density at radius 3 is 2.00 bits per heavy atom. The Labute approximate surface area is 126 Å². The maximum absolute atomic E-state index is 12.8. The van der Waals surface area contributed by atoms with E-state index in [1.807, 2.05) is 0 Å². The van der Waals surface area contributed by atoms with E-state index in [1.54, 1.807) is 12.1 Å². The Morgan fingerprint density at radius 1 is 1.00 bits per heavy atom. The van der Waals surface area contributed by atoms with Gasteiger partial charge in [0.2, 0.25) is 0 Å². The summed E-state index contributed by atoms with van der Waals surface area (Å²) in [6.45, 7) is 1.40. The Kier molecular flexibility index (Phi) is 4.73. The predicted octanol–water partition coefficient (Wildman–Crippen LogP) is 2.65. The van der Waals surface area contributed by atoms with Gasteiger partial charge >= 0.3 is 5.97 Å². The third-order valence-corrected chi connectivity index (χ3v) is 2.82. The molecule has 6 heteroatoms. The van der Waals surface area contributed by atoms with Gasteiger partial charge in [0.05, 0.1) is 5.56 Å². The Balaban J connectivity index is 2.02. The number of carbonyl (C=O) groups is 2. The molecule has 0 heterocycles.